The zero-order valence-electron chi connectivity index (χ0n) is 10.5. The normalized spacial score (nSPS) is 14.3. The van der Waals surface area contributed by atoms with E-state index in [0.717, 1.165) is 12.5 Å². The minimum atomic E-state index is -0.587. The lowest BCUT2D eigenvalue weighted by Crippen LogP contribution is -2.25. The Balaban J connectivity index is 2.25. The summed E-state index contributed by atoms with van der Waals surface area (Å²) in [6, 6.07) is 6.95. The molecule has 0 aliphatic carbocycles. The van der Waals surface area contributed by atoms with Gasteiger partial charge in [0.15, 0.2) is 0 Å². The molecule has 0 saturated heterocycles. The Kier molecular flexibility index (Phi) is 4.61. The molecule has 1 aromatic heterocycles. The van der Waals surface area contributed by atoms with Crippen LogP contribution in [0.25, 0.3) is 0 Å². The largest absolute Gasteiger partial charge is 0.468 e. The second-order valence-electron chi connectivity index (χ2n) is 4.20. The standard InChI is InChI=1S/C14H15F2NOS/c1-2-11(17)14(12-4-3-7-18-12)19-13-6-5-9(15)8-10(13)16/h3-8,11,14H,2,17H2,1H3. The van der Waals surface area contributed by atoms with Crippen molar-refractivity contribution in [2.75, 3.05) is 0 Å². The van der Waals surface area contributed by atoms with E-state index in [1.165, 1.54) is 23.9 Å². The van der Waals surface area contributed by atoms with E-state index >= 15 is 0 Å². The van der Waals surface area contributed by atoms with E-state index in [9.17, 15) is 8.78 Å². The van der Waals surface area contributed by atoms with Crippen LogP contribution in [0.4, 0.5) is 8.78 Å². The Bertz CT molecular complexity index is 530. The second-order valence-corrected chi connectivity index (χ2v) is 5.38. The smallest absolute Gasteiger partial charge is 0.139 e. The fourth-order valence-electron chi connectivity index (χ4n) is 1.73. The van der Waals surface area contributed by atoms with Gasteiger partial charge in [0, 0.05) is 17.0 Å². The molecule has 0 aliphatic heterocycles. The monoisotopic (exact) mass is 283 g/mol. The molecule has 2 aromatic rings. The molecular formula is C14H15F2NOS. The molecule has 0 aliphatic rings. The van der Waals surface area contributed by atoms with Crippen molar-refractivity contribution in [1.82, 2.24) is 0 Å². The highest BCUT2D eigenvalue weighted by molar-refractivity contribution is 7.99. The van der Waals surface area contributed by atoms with Crippen LogP contribution in [0.1, 0.15) is 24.4 Å². The van der Waals surface area contributed by atoms with E-state index in [4.69, 9.17) is 10.2 Å². The van der Waals surface area contributed by atoms with Crippen LogP contribution in [0.2, 0.25) is 0 Å². The highest BCUT2D eigenvalue weighted by atomic mass is 32.2. The van der Waals surface area contributed by atoms with Crippen LogP contribution in [0.5, 0.6) is 0 Å². The number of hydrogen-bond donors (Lipinski definition) is 1. The Morgan fingerprint density at radius 1 is 1.32 bits per heavy atom. The van der Waals surface area contributed by atoms with Crippen molar-refractivity contribution in [2.24, 2.45) is 5.73 Å². The van der Waals surface area contributed by atoms with Crippen molar-refractivity contribution in [2.45, 2.75) is 29.5 Å². The molecule has 1 heterocycles. The van der Waals surface area contributed by atoms with Gasteiger partial charge in [-0.2, -0.15) is 0 Å². The average Bonchev–Trinajstić information content (AvgIpc) is 2.91. The molecule has 5 heteroatoms. The van der Waals surface area contributed by atoms with Gasteiger partial charge < -0.3 is 10.2 Å². The second kappa shape index (κ2) is 6.21. The molecule has 0 amide bonds. The molecule has 0 saturated carbocycles. The number of hydrogen-bond acceptors (Lipinski definition) is 3. The fraction of sp³-hybridized carbons (Fsp3) is 0.286. The van der Waals surface area contributed by atoms with Gasteiger partial charge in [-0.1, -0.05) is 6.92 Å². The van der Waals surface area contributed by atoms with Crippen LogP contribution >= 0.6 is 11.8 Å². The lowest BCUT2D eigenvalue weighted by molar-refractivity contribution is 0.473. The first kappa shape index (κ1) is 14.1. The Labute approximate surface area is 115 Å². The molecule has 2 atom stereocenters. The van der Waals surface area contributed by atoms with E-state index < -0.39 is 11.6 Å². The molecule has 0 bridgehead atoms. The first-order valence-corrected chi connectivity index (χ1v) is 6.90. The summed E-state index contributed by atoms with van der Waals surface area (Å²) in [5, 5.41) is -0.194. The summed E-state index contributed by atoms with van der Waals surface area (Å²) in [5.74, 6) is -0.468. The average molecular weight is 283 g/mol. The molecule has 2 rings (SSSR count). The van der Waals surface area contributed by atoms with Gasteiger partial charge in [-0.15, -0.1) is 11.8 Å². The summed E-state index contributed by atoms with van der Waals surface area (Å²) in [5.41, 5.74) is 6.06. The summed E-state index contributed by atoms with van der Waals surface area (Å²) in [4.78, 5) is 0.367. The zero-order valence-corrected chi connectivity index (χ0v) is 11.3. The summed E-state index contributed by atoms with van der Waals surface area (Å²) in [6.45, 7) is 1.96. The van der Waals surface area contributed by atoms with Crippen LogP contribution in [-0.2, 0) is 0 Å². The molecule has 102 valence electrons. The van der Waals surface area contributed by atoms with Crippen LogP contribution in [-0.4, -0.2) is 6.04 Å². The Hall–Kier alpha value is -1.33. The van der Waals surface area contributed by atoms with Crippen molar-refractivity contribution in [3.8, 4) is 0 Å². The predicted molar refractivity (Wildman–Crippen MR) is 71.9 cm³/mol. The molecule has 0 spiro atoms. The maximum Gasteiger partial charge on any atom is 0.139 e. The SMILES string of the molecule is CCC(N)C(Sc1ccc(F)cc1F)c1ccco1. The van der Waals surface area contributed by atoms with E-state index in [0.29, 0.717) is 10.7 Å². The van der Waals surface area contributed by atoms with E-state index in [2.05, 4.69) is 0 Å². The summed E-state index contributed by atoms with van der Waals surface area (Å²) in [7, 11) is 0. The van der Waals surface area contributed by atoms with Gasteiger partial charge in [0.1, 0.15) is 17.4 Å². The third kappa shape index (κ3) is 3.36. The predicted octanol–water partition coefficient (Wildman–Crippen LogP) is 4.13. The highest BCUT2D eigenvalue weighted by Gasteiger charge is 2.23. The molecule has 2 nitrogen and oxygen atoms in total. The third-order valence-electron chi connectivity index (χ3n) is 2.83. The van der Waals surface area contributed by atoms with Gasteiger partial charge in [-0.05, 0) is 30.7 Å². The quantitative estimate of drug-likeness (QED) is 0.839. The van der Waals surface area contributed by atoms with E-state index in [1.54, 1.807) is 12.3 Å². The van der Waals surface area contributed by atoms with Gasteiger partial charge in [0.05, 0.1) is 11.5 Å². The van der Waals surface area contributed by atoms with Crippen molar-refractivity contribution < 1.29 is 13.2 Å². The van der Waals surface area contributed by atoms with Gasteiger partial charge in [0.25, 0.3) is 0 Å². The number of furan rings is 1. The van der Waals surface area contributed by atoms with Crippen LogP contribution < -0.4 is 5.73 Å². The molecule has 2 unspecified atom stereocenters. The topological polar surface area (TPSA) is 39.2 Å². The molecule has 1 aromatic carbocycles. The molecule has 0 radical (unpaired) electrons. The maximum absolute atomic E-state index is 13.7. The van der Waals surface area contributed by atoms with Crippen molar-refractivity contribution in [1.29, 1.82) is 0 Å². The first-order chi connectivity index (χ1) is 9.11. The molecule has 0 fully saturated rings. The van der Waals surface area contributed by atoms with Crippen LogP contribution in [0.15, 0.2) is 45.9 Å². The summed E-state index contributed by atoms with van der Waals surface area (Å²) < 4.78 is 31.9. The van der Waals surface area contributed by atoms with E-state index in [-0.39, 0.29) is 11.3 Å². The van der Waals surface area contributed by atoms with Crippen LogP contribution in [0.3, 0.4) is 0 Å². The molecule has 2 N–H and O–H groups in total. The van der Waals surface area contributed by atoms with Crippen molar-refractivity contribution in [3.63, 3.8) is 0 Å². The molecule has 19 heavy (non-hydrogen) atoms. The fourth-order valence-corrected chi connectivity index (χ4v) is 2.94. The summed E-state index contributed by atoms with van der Waals surface area (Å²) >= 11 is 1.25. The number of nitrogens with two attached hydrogens (primary N) is 1. The van der Waals surface area contributed by atoms with Gasteiger partial charge in [-0.25, -0.2) is 8.78 Å². The Morgan fingerprint density at radius 3 is 2.68 bits per heavy atom. The first-order valence-electron chi connectivity index (χ1n) is 6.02. The van der Waals surface area contributed by atoms with E-state index in [1.807, 2.05) is 13.0 Å². The van der Waals surface area contributed by atoms with Gasteiger partial charge in [0.2, 0.25) is 0 Å². The number of halogens is 2. The number of thioether (sulfide) groups is 1. The minimum Gasteiger partial charge on any atom is -0.468 e. The lowest BCUT2D eigenvalue weighted by Gasteiger charge is -2.20. The lowest BCUT2D eigenvalue weighted by atomic mass is 10.1. The molecular weight excluding hydrogens is 268 g/mol. The van der Waals surface area contributed by atoms with Gasteiger partial charge in [-0.3, -0.25) is 0 Å². The maximum atomic E-state index is 13.7. The van der Waals surface area contributed by atoms with Crippen molar-refractivity contribution in [3.05, 3.63) is 54.0 Å². The minimum absolute atomic E-state index is 0.166. The number of benzene rings is 1. The third-order valence-corrected chi connectivity index (χ3v) is 4.25. The van der Waals surface area contributed by atoms with Crippen LogP contribution in [0, 0.1) is 11.6 Å². The van der Waals surface area contributed by atoms with Crippen molar-refractivity contribution >= 4 is 11.8 Å². The Morgan fingerprint density at radius 2 is 2.11 bits per heavy atom. The van der Waals surface area contributed by atoms with Gasteiger partial charge >= 0.3 is 0 Å². The number of rotatable bonds is 5. The zero-order chi connectivity index (χ0) is 13.8. The highest BCUT2D eigenvalue weighted by Crippen LogP contribution is 2.39. The summed E-state index contributed by atoms with van der Waals surface area (Å²) in [6.07, 6.45) is 2.30.